The minimum Gasteiger partial charge on any atom is -0.486 e. The van der Waals surface area contributed by atoms with Crippen LogP contribution < -0.4 is 15.7 Å². The first-order valence-electron chi connectivity index (χ1n) is 11.9. The second-order valence-electron chi connectivity index (χ2n) is 9.90. The molecule has 1 aliphatic rings. The van der Waals surface area contributed by atoms with Crippen molar-refractivity contribution in [3.05, 3.63) is 58.8 Å². The molecule has 0 radical (unpaired) electrons. The fourth-order valence-electron chi connectivity index (χ4n) is 4.91. The Morgan fingerprint density at radius 1 is 1.17 bits per heavy atom. The largest absolute Gasteiger partial charge is 0.486 e. The van der Waals surface area contributed by atoms with Crippen molar-refractivity contribution in [1.82, 2.24) is 14.0 Å². The number of imidazole rings is 1. The predicted octanol–water partition coefficient (Wildman–Crippen LogP) is 2.89. The zero-order valence-electron chi connectivity index (χ0n) is 20.6. The summed E-state index contributed by atoms with van der Waals surface area (Å²) in [6.07, 6.45) is 0.462. The topological polar surface area (TPSA) is 88.7 Å². The number of ether oxygens (including phenoxy) is 1. The van der Waals surface area contributed by atoms with Crippen LogP contribution in [0.4, 0.5) is 10.1 Å². The van der Waals surface area contributed by atoms with Crippen LogP contribution in [0.3, 0.4) is 0 Å². The summed E-state index contributed by atoms with van der Waals surface area (Å²) in [6, 6.07) is 11.1. The van der Waals surface area contributed by atoms with Gasteiger partial charge in [0.25, 0.3) is 0 Å². The zero-order valence-corrected chi connectivity index (χ0v) is 20.6. The second-order valence-corrected chi connectivity index (χ2v) is 9.90. The average Bonchev–Trinajstić information content (AvgIpc) is 3.01. The van der Waals surface area contributed by atoms with Crippen LogP contribution in [0.1, 0.15) is 26.7 Å². The molecule has 8 nitrogen and oxygen atoms in total. The molecule has 4 rings (SSSR count). The number of hydrogen-bond acceptors (Lipinski definition) is 5. The van der Waals surface area contributed by atoms with E-state index in [1.807, 2.05) is 24.8 Å². The molecule has 0 spiro atoms. The molecule has 188 valence electrons. The summed E-state index contributed by atoms with van der Waals surface area (Å²) >= 11 is 0. The molecule has 1 aromatic heterocycles. The van der Waals surface area contributed by atoms with Crippen LogP contribution in [-0.2, 0) is 18.9 Å². The molecule has 2 atom stereocenters. The number of nitrogens with one attached hydrogen (secondary N) is 1. The maximum Gasteiger partial charge on any atom is 0.328 e. The zero-order chi connectivity index (χ0) is 25.3. The van der Waals surface area contributed by atoms with Crippen molar-refractivity contribution in [2.24, 2.45) is 20.0 Å². The first kappa shape index (κ1) is 24.9. The van der Waals surface area contributed by atoms with Gasteiger partial charge in [0.05, 0.1) is 17.6 Å². The van der Waals surface area contributed by atoms with E-state index in [2.05, 4.69) is 5.32 Å². The van der Waals surface area contributed by atoms with Gasteiger partial charge in [-0.2, -0.15) is 0 Å². The number of likely N-dealkylation sites (tertiary alicyclic amines) is 1. The van der Waals surface area contributed by atoms with Crippen molar-refractivity contribution in [2.75, 3.05) is 25.0 Å². The van der Waals surface area contributed by atoms with E-state index < -0.39 is 11.7 Å². The van der Waals surface area contributed by atoms with Crippen LogP contribution in [-0.4, -0.2) is 56.4 Å². The van der Waals surface area contributed by atoms with Crippen LogP contribution >= 0.6 is 0 Å². The highest BCUT2D eigenvalue weighted by atomic mass is 19.1. The average molecular weight is 485 g/mol. The van der Waals surface area contributed by atoms with Gasteiger partial charge < -0.3 is 15.2 Å². The van der Waals surface area contributed by atoms with Gasteiger partial charge in [0.1, 0.15) is 23.3 Å². The van der Waals surface area contributed by atoms with Crippen molar-refractivity contribution in [3.8, 4) is 5.75 Å². The number of halogens is 1. The SMILES string of the molecule is CC(C)C[C@]1(O)CCN(CC(=O)Nc2ccc3c(c2)n(C)c(=O)n3C)C[C@@H]1Oc1ccc(F)cc1. The van der Waals surface area contributed by atoms with Crippen LogP contribution in [0.15, 0.2) is 47.3 Å². The molecule has 0 saturated carbocycles. The monoisotopic (exact) mass is 484 g/mol. The summed E-state index contributed by atoms with van der Waals surface area (Å²) in [4.78, 5) is 27.0. The van der Waals surface area contributed by atoms with E-state index in [9.17, 15) is 19.1 Å². The van der Waals surface area contributed by atoms with Crippen molar-refractivity contribution in [1.29, 1.82) is 0 Å². The highest BCUT2D eigenvalue weighted by Gasteiger charge is 2.43. The number of nitrogens with zero attached hydrogens (tertiary/aromatic N) is 3. The number of hydrogen-bond donors (Lipinski definition) is 2. The maximum atomic E-state index is 13.3. The number of aryl methyl sites for hydroxylation is 2. The molecule has 9 heteroatoms. The molecule has 0 aliphatic carbocycles. The number of aromatic nitrogens is 2. The van der Waals surface area contributed by atoms with Crippen LogP contribution in [0.5, 0.6) is 5.75 Å². The smallest absolute Gasteiger partial charge is 0.328 e. The van der Waals surface area contributed by atoms with E-state index in [-0.39, 0.29) is 29.9 Å². The minimum atomic E-state index is -1.04. The maximum absolute atomic E-state index is 13.3. The van der Waals surface area contributed by atoms with Crippen molar-refractivity contribution >= 4 is 22.6 Å². The van der Waals surface area contributed by atoms with Gasteiger partial charge in [-0.25, -0.2) is 9.18 Å². The van der Waals surface area contributed by atoms with E-state index in [1.54, 1.807) is 47.5 Å². The van der Waals surface area contributed by atoms with Gasteiger partial charge in [0, 0.05) is 32.9 Å². The van der Waals surface area contributed by atoms with E-state index >= 15 is 0 Å². The van der Waals surface area contributed by atoms with Crippen molar-refractivity contribution in [3.63, 3.8) is 0 Å². The Balaban J connectivity index is 1.45. The molecule has 0 unspecified atom stereocenters. The standard InChI is InChI=1S/C26H33FN4O4/c1-17(2)14-26(34)11-12-31(15-23(26)35-20-8-5-18(27)6-9-20)16-24(32)28-19-7-10-21-22(13-19)30(4)25(33)29(21)3/h5-10,13,17,23,34H,11-12,14-16H2,1-4H3,(H,28,32)/t23-,26+/m0/s1. The molecular formula is C26H33FN4O4. The summed E-state index contributed by atoms with van der Waals surface area (Å²) in [5.41, 5.74) is 0.962. The molecular weight excluding hydrogens is 451 g/mol. The summed E-state index contributed by atoms with van der Waals surface area (Å²) in [5, 5.41) is 14.3. The molecule has 2 heterocycles. The molecule has 1 saturated heterocycles. The third kappa shape index (κ3) is 5.41. The molecule has 2 N–H and O–H groups in total. The predicted molar refractivity (Wildman–Crippen MR) is 133 cm³/mol. The third-order valence-corrected chi connectivity index (χ3v) is 6.66. The van der Waals surface area contributed by atoms with E-state index in [1.165, 1.54) is 12.1 Å². The lowest BCUT2D eigenvalue weighted by Crippen LogP contribution is -2.59. The lowest BCUT2D eigenvalue weighted by Gasteiger charge is -2.45. The Labute approximate surface area is 203 Å². The second kappa shape index (κ2) is 9.83. The van der Waals surface area contributed by atoms with Gasteiger partial charge in [-0.15, -0.1) is 0 Å². The van der Waals surface area contributed by atoms with Crippen LogP contribution in [0.25, 0.3) is 11.0 Å². The first-order chi connectivity index (χ1) is 16.6. The van der Waals surface area contributed by atoms with Crippen molar-refractivity contribution in [2.45, 2.75) is 38.4 Å². The Morgan fingerprint density at radius 2 is 1.86 bits per heavy atom. The van der Waals surface area contributed by atoms with E-state index in [0.717, 1.165) is 11.0 Å². The van der Waals surface area contributed by atoms with E-state index in [4.69, 9.17) is 4.74 Å². The molecule has 35 heavy (non-hydrogen) atoms. The summed E-state index contributed by atoms with van der Waals surface area (Å²) in [7, 11) is 3.41. The van der Waals surface area contributed by atoms with Crippen LogP contribution in [0.2, 0.25) is 0 Å². The van der Waals surface area contributed by atoms with Gasteiger partial charge in [-0.3, -0.25) is 18.8 Å². The number of benzene rings is 2. The number of carbonyl (C=O) groups excluding carboxylic acids is 1. The molecule has 1 aliphatic heterocycles. The number of aliphatic hydroxyl groups is 1. The Bertz CT molecular complexity index is 1270. The number of piperidine rings is 1. The molecule has 2 aromatic carbocycles. The molecule has 3 aromatic rings. The number of fused-ring (bicyclic) bond motifs is 1. The fraction of sp³-hybridized carbons (Fsp3) is 0.462. The molecule has 1 amide bonds. The lowest BCUT2D eigenvalue weighted by molar-refractivity contribution is -0.129. The van der Waals surface area contributed by atoms with Gasteiger partial charge in [-0.05, 0) is 61.2 Å². The minimum absolute atomic E-state index is 0.127. The van der Waals surface area contributed by atoms with Crippen LogP contribution in [0, 0.1) is 11.7 Å². The Kier molecular flexibility index (Phi) is 7.00. The van der Waals surface area contributed by atoms with Gasteiger partial charge >= 0.3 is 5.69 Å². The molecule has 0 bridgehead atoms. The number of amides is 1. The number of carbonyl (C=O) groups is 1. The number of rotatable bonds is 7. The lowest BCUT2D eigenvalue weighted by atomic mass is 9.81. The summed E-state index contributed by atoms with van der Waals surface area (Å²) in [5.74, 6) is 0.190. The highest BCUT2D eigenvalue weighted by Crippen LogP contribution is 2.32. The van der Waals surface area contributed by atoms with Gasteiger partial charge in [-0.1, -0.05) is 13.8 Å². The normalized spacial score (nSPS) is 20.9. The summed E-state index contributed by atoms with van der Waals surface area (Å²) < 4.78 is 22.5. The summed E-state index contributed by atoms with van der Waals surface area (Å²) in [6.45, 7) is 5.14. The first-order valence-corrected chi connectivity index (χ1v) is 11.9. The third-order valence-electron chi connectivity index (χ3n) is 6.66. The molecule has 1 fully saturated rings. The Hall–Kier alpha value is -3.17. The number of anilines is 1. The Morgan fingerprint density at radius 3 is 2.54 bits per heavy atom. The van der Waals surface area contributed by atoms with Gasteiger partial charge in [0.15, 0.2) is 0 Å². The quantitative estimate of drug-likeness (QED) is 0.539. The van der Waals surface area contributed by atoms with Crippen molar-refractivity contribution < 1.29 is 19.0 Å². The van der Waals surface area contributed by atoms with Gasteiger partial charge in [0.2, 0.25) is 5.91 Å². The fourth-order valence-corrected chi connectivity index (χ4v) is 4.91. The van der Waals surface area contributed by atoms with E-state index in [0.29, 0.717) is 37.4 Å². The highest BCUT2D eigenvalue weighted by molar-refractivity contribution is 5.94.